The zero-order valence-electron chi connectivity index (χ0n) is 18.8. The lowest BCUT2D eigenvalue weighted by Gasteiger charge is -2.20. The topological polar surface area (TPSA) is 84.0 Å². The molecule has 0 aliphatic carbocycles. The predicted octanol–water partition coefficient (Wildman–Crippen LogP) is 5.51. The highest BCUT2D eigenvalue weighted by atomic mass is 35.5. The summed E-state index contributed by atoms with van der Waals surface area (Å²) in [5.41, 5.74) is 2.95. The molecule has 1 unspecified atom stereocenters. The summed E-state index contributed by atoms with van der Waals surface area (Å²) in [6.07, 6.45) is 1.89. The number of rotatable bonds is 9. The molecule has 1 heterocycles. The Labute approximate surface area is 203 Å². The Balaban J connectivity index is 1.71. The quantitative estimate of drug-likeness (QED) is 0.310. The van der Waals surface area contributed by atoms with E-state index in [9.17, 15) is 9.59 Å². The number of halogens is 1. The molecule has 0 saturated carbocycles. The zero-order valence-corrected chi connectivity index (χ0v) is 20.4. The van der Waals surface area contributed by atoms with E-state index < -0.39 is 11.9 Å². The van der Waals surface area contributed by atoms with Crippen LogP contribution in [0.25, 0.3) is 0 Å². The molecule has 2 amide bonds. The van der Waals surface area contributed by atoms with E-state index in [0.29, 0.717) is 23.0 Å². The van der Waals surface area contributed by atoms with Crippen LogP contribution >= 0.6 is 23.4 Å². The van der Waals surface area contributed by atoms with Crippen LogP contribution in [0.3, 0.4) is 0 Å². The van der Waals surface area contributed by atoms with Crippen molar-refractivity contribution in [2.24, 2.45) is 5.92 Å². The Hall–Kier alpha value is -2.90. The van der Waals surface area contributed by atoms with Crippen LogP contribution in [-0.2, 0) is 10.5 Å². The fourth-order valence-electron chi connectivity index (χ4n) is 3.10. The van der Waals surface area contributed by atoms with E-state index in [-0.39, 0.29) is 22.5 Å². The Morgan fingerprint density at radius 1 is 1.06 bits per heavy atom. The minimum absolute atomic E-state index is 0.0547. The SMILES string of the molecule is Cc1ccc(NC(=O)C(CC(C)C)NC(=O)c2nc(SCc3ccccc3)ncc2Cl)cc1. The molecule has 33 heavy (non-hydrogen) atoms. The Kier molecular flexibility index (Phi) is 8.86. The highest BCUT2D eigenvalue weighted by Crippen LogP contribution is 2.22. The van der Waals surface area contributed by atoms with Gasteiger partial charge < -0.3 is 10.6 Å². The van der Waals surface area contributed by atoms with Crippen molar-refractivity contribution in [3.8, 4) is 0 Å². The molecule has 1 atom stereocenters. The molecule has 172 valence electrons. The molecule has 3 aromatic rings. The first-order valence-electron chi connectivity index (χ1n) is 10.7. The van der Waals surface area contributed by atoms with E-state index in [2.05, 4.69) is 20.6 Å². The summed E-state index contributed by atoms with van der Waals surface area (Å²) in [6, 6.07) is 16.7. The second-order valence-electron chi connectivity index (χ2n) is 8.13. The molecular weight excluding hydrogens is 456 g/mol. The number of nitrogens with zero attached hydrogens (tertiary/aromatic N) is 2. The van der Waals surface area contributed by atoms with Gasteiger partial charge in [-0.3, -0.25) is 9.59 Å². The molecule has 2 N–H and O–H groups in total. The van der Waals surface area contributed by atoms with E-state index in [1.54, 1.807) is 0 Å². The number of aromatic nitrogens is 2. The van der Waals surface area contributed by atoms with Crippen LogP contribution in [0.5, 0.6) is 0 Å². The fraction of sp³-hybridized carbons (Fsp3) is 0.280. The molecule has 0 saturated heterocycles. The minimum atomic E-state index is -0.731. The molecule has 0 bridgehead atoms. The number of hydrogen-bond donors (Lipinski definition) is 2. The van der Waals surface area contributed by atoms with Crippen molar-refractivity contribution in [2.75, 3.05) is 5.32 Å². The summed E-state index contributed by atoms with van der Waals surface area (Å²) in [5.74, 6) is 0.0636. The number of aryl methyl sites for hydroxylation is 1. The van der Waals surface area contributed by atoms with Gasteiger partial charge in [0.2, 0.25) is 5.91 Å². The van der Waals surface area contributed by atoms with Gasteiger partial charge >= 0.3 is 0 Å². The standard InChI is InChI=1S/C25H27ClN4O2S/c1-16(2)13-21(23(31)28-19-11-9-17(3)10-12-19)29-24(32)22-20(26)14-27-25(30-22)33-15-18-7-5-4-6-8-18/h4-12,14,16,21H,13,15H2,1-3H3,(H,28,31)(H,29,32). The molecule has 2 aromatic carbocycles. The first-order chi connectivity index (χ1) is 15.8. The van der Waals surface area contributed by atoms with Crippen molar-refractivity contribution >= 4 is 40.9 Å². The number of anilines is 1. The number of nitrogens with one attached hydrogen (secondary N) is 2. The zero-order chi connectivity index (χ0) is 23.8. The Morgan fingerprint density at radius 3 is 2.42 bits per heavy atom. The van der Waals surface area contributed by atoms with Gasteiger partial charge in [0.1, 0.15) is 6.04 Å². The number of benzene rings is 2. The van der Waals surface area contributed by atoms with Crippen LogP contribution in [0.1, 0.15) is 41.9 Å². The van der Waals surface area contributed by atoms with Crippen LogP contribution in [0, 0.1) is 12.8 Å². The summed E-state index contributed by atoms with van der Waals surface area (Å²) in [6.45, 7) is 5.97. The summed E-state index contributed by atoms with van der Waals surface area (Å²) in [4.78, 5) is 34.5. The predicted molar refractivity (Wildman–Crippen MR) is 134 cm³/mol. The van der Waals surface area contributed by atoms with Gasteiger partial charge in [-0.15, -0.1) is 0 Å². The normalized spacial score (nSPS) is 11.8. The summed E-state index contributed by atoms with van der Waals surface area (Å²) in [5, 5.41) is 6.26. The lowest BCUT2D eigenvalue weighted by molar-refractivity contribution is -0.118. The monoisotopic (exact) mass is 482 g/mol. The molecule has 0 aliphatic heterocycles. The van der Waals surface area contributed by atoms with Gasteiger partial charge in [-0.25, -0.2) is 9.97 Å². The van der Waals surface area contributed by atoms with Crippen molar-refractivity contribution in [3.05, 3.63) is 82.6 Å². The molecule has 6 nitrogen and oxygen atoms in total. The van der Waals surface area contributed by atoms with Crippen molar-refractivity contribution in [2.45, 2.75) is 44.1 Å². The maximum Gasteiger partial charge on any atom is 0.272 e. The van der Waals surface area contributed by atoms with Gasteiger partial charge in [0, 0.05) is 11.4 Å². The second-order valence-corrected chi connectivity index (χ2v) is 9.48. The van der Waals surface area contributed by atoms with Gasteiger partial charge in [0.05, 0.1) is 11.2 Å². The molecule has 0 radical (unpaired) electrons. The van der Waals surface area contributed by atoms with Crippen LogP contribution in [0.4, 0.5) is 5.69 Å². The summed E-state index contributed by atoms with van der Waals surface area (Å²) in [7, 11) is 0. The number of carbonyl (C=O) groups is 2. The van der Waals surface area contributed by atoms with Gasteiger partial charge in [-0.2, -0.15) is 0 Å². The van der Waals surface area contributed by atoms with Crippen LogP contribution in [-0.4, -0.2) is 27.8 Å². The first kappa shape index (κ1) is 24.7. The van der Waals surface area contributed by atoms with Crippen molar-refractivity contribution < 1.29 is 9.59 Å². The third-order valence-electron chi connectivity index (χ3n) is 4.80. The number of amides is 2. The molecule has 0 aliphatic rings. The lowest BCUT2D eigenvalue weighted by atomic mass is 10.0. The summed E-state index contributed by atoms with van der Waals surface area (Å²) >= 11 is 7.64. The maximum absolute atomic E-state index is 13.0. The van der Waals surface area contributed by atoms with Gasteiger partial charge in [0.15, 0.2) is 10.9 Å². The molecule has 0 fully saturated rings. The Morgan fingerprint density at radius 2 is 1.76 bits per heavy atom. The molecule has 0 spiro atoms. The maximum atomic E-state index is 13.0. The van der Waals surface area contributed by atoms with Crippen LogP contribution in [0.2, 0.25) is 5.02 Å². The number of hydrogen-bond acceptors (Lipinski definition) is 5. The van der Waals surface area contributed by atoms with E-state index in [0.717, 1.165) is 11.1 Å². The van der Waals surface area contributed by atoms with Gasteiger partial charge in [-0.05, 0) is 37.0 Å². The molecule has 1 aromatic heterocycles. The van der Waals surface area contributed by atoms with E-state index in [1.807, 2.05) is 75.4 Å². The minimum Gasteiger partial charge on any atom is -0.339 e. The van der Waals surface area contributed by atoms with E-state index in [4.69, 9.17) is 11.6 Å². The second kappa shape index (κ2) is 11.8. The van der Waals surface area contributed by atoms with Crippen LogP contribution < -0.4 is 10.6 Å². The molecular formula is C25H27ClN4O2S. The van der Waals surface area contributed by atoms with Gasteiger partial charge in [0.25, 0.3) is 5.91 Å². The molecule has 8 heteroatoms. The van der Waals surface area contributed by atoms with Crippen molar-refractivity contribution in [1.82, 2.24) is 15.3 Å². The average molecular weight is 483 g/mol. The van der Waals surface area contributed by atoms with Crippen molar-refractivity contribution in [1.29, 1.82) is 0 Å². The molecule has 3 rings (SSSR count). The first-order valence-corrected chi connectivity index (χ1v) is 12.1. The average Bonchev–Trinajstić information content (AvgIpc) is 2.80. The lowest BCUT2D eigenvalue weighted by Crippen LogP contribution is -2.45. The van der Waals surface area contributed by atoms with E-state index in [1.165, 1.54) is 18.0 Å². The third-order valence-corrected chi connectivity index (χ3v) is 6.01. The third kappa shape index (κ3) is 7.58. The van der Waals surface area contributed by atoms with Gasteiger partial charge in [-0.1, -0.05) is 85.2 Å². The van der Waals surface area contributed by atoms with Crippen LogP contribution in [0.15, 0.2) is 66.0 Å². The van der Waals surface area contributed by atoms with E-state index >= 15 is 0 Å². The number of thioether (sulfide) groups is 1. The highest BCUT2D eigenvalue weighted by Gasteiger charge is 2.25. The highest BCUT2D eigenvalue weighted by molar-refractivity contribution is 7.98. The summed E-state index contributed by atoms with van der Waals surface area (Å²) < 4.78 is 0. The largest absolute Gasteiger partial charge is 0.339 e. The fourth-order valence-corrected chi connectivity index (χ4v) is 4.05. The Bertz CT molecular complexity index is 1090. The van der Waals surface area contributed by atoms with Crippen molar-refractivity contribution in [3.63, 3.8) is 0 Å². The smallest absolute Gasteiger partial charge is 0.272 e. The number of carbonyl (C=O) groups excluding carboxylic acids is 2.